The van der Waals surface area contributed by atoms with E-state index in [1.165, 1.54) is 7.05 Å². The predicted octanol–water partition coefficient (Wildman–Crippen LogP) is -0.948. The molecule has 0 fully saturated rings. The molecule has 0 unspecified atom stereocenters. The van der Waals surface area contributed by atoms with Gasteiger partial charge in [-0.25, -0.2) is 4.79 Å². The number of carbonyl (C=O) groups is 1. The number of hydrogen-bond donors (Lipinski definition) is 4. The van der Waals surface area contributed by atoms with Gasteiger partial charge in [0, 0.05) is 20.0 Å². The molecule has 0 saturated carbocycles. The Hall–Kier alpha value is -1.46. The van der Waals surface area contributed by atoms with Crippen molar-refractivity contribution in [2.24, 2.45) is 10.9 Å². The monoisotopic (exact) mass is 160 g/mol. The quantitative estimate of drug-likeness (QED) is 0.185. The van der Waals surface area contributed by atoms with Crippen molar-refractivity contribution in [3.05, 3.63) is 0 Å². The summed E-state index contributed by atoms with van der Waals surface area (Å²) >= 11 is 0. The maximum absolute atomic E-state index is 10.5. The van der Waals surface area contributed by atoms with Crippen LogP contribution in [0.1, 0.15) is 6.42 Å². The smallest absolute Gasteiger partial charge is 0.314 e. The Morgan fingerprint density at radius 3 is 2.82 bits per heavy atom. The van der Waals surface area contributed by atoms with E-state index in [1.54, 1.807) is 0 Å². The van der Waals surface area contributed by atoms with Gasteiger partial charge in [-0.15, -0.1) is 0 Å². The van der Waals surface area contributed by atoms with Gasteiger partial charge in [0.15, 0.2) is 0 Å². The second-order valence-electron chi connectivity index (χ2n) is 1.85. The molecule has 0 heterocycles. The molecular weight excluding hydrogens is 148 g/mol. The lowest BCUT2D eigenvalue weighted by Crippen LogP contribution is -2.34. The van der Waals surface area contributed by atoms with E-state index >= 15 is 0 Å². The fourth-order valence-corrected chi connectivity index (χ4v) is 0.442. The number of urea groups is 1. The topological polar surface area (TPSA) is 99.7 Å². The van der Waals surface area contributed by atoms with E-state index < -0.39 is 0 Å². The lowest BCUT2D eigenvalue weighted by Gasteiger charge is -2.01. The van der Waals surface area contributed by atoms with E-state index in [0.29, 0.717) is 13.0 Å². The molecule has 0 saturated heterocycles. The number of amidine groups is 1. The fourth-order valence-electron chi connectivity index (χ4n) is 0.442. The van der Waals surface area contributed by atoms with E-state index in [2.05, 4.69) is 15.8 Å². The van der Waals surface area contributed by atoms with Crippen molar-refractivity contribution in [2.75, 3.05) is 13.6 Å². The van der Waals surface area contributed by atoms with Gasteiger partial charge in [0.2, 0.25) is 0 Å². The molecule has 6 nitrogen and oxygen atoms in total. The number of nitrogens with zero attached hydrogens (tertiary/aromatic N) is 1. The Balaban J connectivity index is 3.35. The highest BCUT2D eigenvalue weighted by Gasteiger charge is 1.95. The van der Waals surface area contributed by atoms with Gasteiger partial charge in [0.05, 0.1) is 0 Å². The largest absolute Gasteiger partial charge is 0.409 e. The summed E-state index contributed by atoms with van der Waals surface area (Å²) in [4.78, 5) is 10.5. The van der Waals surface area contributed by atoms with Gasteiger partial charge < -0.3 is 21.6 Å². The number of nitrogens with two attached hydrogens (primary N) is 1. The third-order valence-electron chi connectivity index (χ3n) is 1.02. The van der Waals surface area contributed by atoms with Gasteiger partial charge in [-0.3, -0.25) is 0 Å². The number of nitrogens with one attached hydrogen (secondary N) is 2. The maximum Gasteiger partial charge on any atom is 0.314 e. The van der Waals surface area contributed by atoms with Crippen LogP contribution in [-0.4, -0.2) is 30.7 Å². The van der Waals surface area contributed by atoms with Crippen LogP contribution in [-0.2, 0) is 0 Å². The molecule has 0 aliphatic carbocycles. The molecule has 0 radical (unpaired) electrons. The van der Waals surface area contributed by atoms with Crippen LogP contribution in [0.5, 0.6) is 0 Å². The average Bonchev–Trinajstić information content (AvgIpc) is 2.04. The summed E-state index contributed by atoms with van der Waals surface area (Å²) in [7, 11) is 1.51. The molecule has 0 aliphatic heterocycles. The molecule has 0 atom stereocenters. The minimum absolute atomic E-state index is 0.0985. The predicted molar refractivity (Wildman–Crippen MR) is 40.5 cm³/mol. The Morgan fingerprint density at radius 1 is 1.73 bits per heavy atom. The van der Waals surface area contributed by atoms with E-state index in [0.717, 1.165) is 0 Å². The van der Waals surface area contributed by atoms with Gasteiger partial charge in [-0.1, -0.05) is 5.16 Å². The average molecular weight is 160 g/mol. The highest BCUT2D eigenvalue weighted by Crippen LogP contribution is 1.75. The van der Waals surface area contributed by atoms with Crippen molar-refractivity contribution in [1.29, 1.82) is 0 Å². The molecule has 0 spiro atoms. The van der Waals surface area contributed by atoms with E-state index in [4.69, 9.17) is 10.9 Å². The zero-order valence-corrected chi connectivity index (χ0v) is 6.29. The van der Waals surface area contributed by atoms with Crippen molar-refractivity contribution < 1.29 is 10.0 Å². The SMILES string of the molecule is CNC(=O)NCCC(N)=NO. The Morgan fingerprint density at radius 2 is 2.36 bits per heavy atom. The van der Waals surface area contributed by atoms with E-state index in [-0.39, 0.29) is 11.9 Å². The molecule has 0 aromatic rings. The van der Waals surface area contributed by atoms with Gasteiger partial charge in [-0.2, -0.15) is 0 Å². The van der Waals surface area contributed by atoms with Crippen LogP contribution < -0.4 is 16.4 Å². The van der Waals surface area contributed by atoms with Gasteiger partial charge in [0.25, 0.3) is 0 Å². The minimum Gasteiger partial charge on any atom is -0.409 e. The zero-order valence-electron chi connectivity index (χ0n) is 6.29. The third kappa shape index (κ3) is 5.01. The highest BCUT2D eigenvalue weighted by atomic mass is 16.4. The molecule has 5 N–H and O–H groups in total. The van der Waals surface area contributed by atoms with Gasteiger partial charge >= 0.3 is 6.03 Å². The van der Waals surface area contributed by atoms with Gasteiger partial charge in [0.1, 0.15) is 5.84 Å². The normalized spacial score (nSPS) is 10.8. The first kappa shape index (κ1) is 9.54. The second kappa shape index (κ2) is 5.33. The Kier molecular flexibility index (Phi) is 4.63. The summed E-state index contributed by atoms with van der Waals surface area (Å²) in [6, 6.07) is -0.282. The minimum atomic E-state index is -0.282. The summed E-state index contributed by atoms with van der Waals surface area (Å²) in [6.07, 6.45) is 0.337. The van der Waals surface area contributed by atoms with Crippen molar-refractivity contribution in [3.63, 3.8) is 0 Å². The number of carbonyl (C=O) groups excluding carboxylic acids is 1. The van der Waals surface area contributed by atoms with Crippen molar-refractivity contribution in [1.82, 2.24) is 10.6 Å². The highest BCUT2D eigenvalue weighted by molar-refractivity contribution is 5.80. The molecule has 0 rings (SSSR count). The Bertz CT molecular complexity index is 157. The summed E-state index contributed by atoms with van der Waals surface area (Å²) in [6.45, 7) is 0.357. The molecule has 0 aromatic carbocycles. The van der Waals surface area contributed by atoms with Crippen LogP contribution in [0.4, 0.5) is 4.79 Å². The van der Waals surface area contributed by atoms with E-state index in [1.807, 2.05) is 0 Å². The molecule has 6 heteroatoms. The zero-order chi connectivity index (χ0) is 8.69. The van der Waals surface area contributed by atoms with Crippen molar-refractivity contribution in [3.8, 4) is 0 Å². The first-order valence-corrected chi connectivity index (χ1v) is 3.12. The standard InChI is InChI=1S/C5H12N4O2/c1-7-5(10)8-3-2-4(6)9-11/h11H,2-3H2,1H3,(H2,6,9)(H2,7,8,10). The Labute approximate surface area is 64.4 Å². The van der Waals surface area contributed by atoms with Crippen LogP contribution in [0.2, 0.25) is 0 Å². The summed E-state index contributed by atoms with van der Waals surface area (Å²) in [5.74, 6) is 0.0985. The first-order valence-electron chi connectivity index (χ1n) is 3.12. The van der Waals surface area contributed by atoms with Gasteiger partial charge in [-0.05, 0) is 0 Å². The second-order valence-corrected chi connectivity index (χ2v) is 1.85. The molecule has 0 aromatic heterocycles. The van der Waals surface area contributed by atoms with E-state index in [9.17, 15) is 4.79 Å². The number of rotatable bonds is 3. The molecular formula is C5H12N4O2. The summed E-state index contributed by atoms with van der Waals surface area (Å²) < 4.78 is 0. The molecule has 0 bridgehead atoms. The molecule has 64 valence electrons. The van der Waals surface area contributed by atoms with Crippen LogP contribution in [0.15, 0.2) is 5.16 Å². The lowest BCUT2D eigenvalue weighted by molar-refractivity contribution is 0.243. The van der Waals surface area contributed by atoms with Crippen LogP contribution in [0, 0.1) is 0 Å². The third-order valence-corrected chi connectivity index (χ3v) is 1.02. The molecule has 11 heavy (non-hydrogen) atoms. The number of hydrogen-bond acceptors (Lipinski definition) is 3. The van der Waals surface area contributed by atoms with Crippen LogP contribution >= 0.6 is 0 Å². The maximum atomic E-state index is 10.5. The fraction of sp³-hybridized carbons (Fsp3) is 0.600. The van der Waals surface area contributed by atoms with Crippen LogP contribution in [0.3, 0.4) is 0 Å². The molecule has 0 aliphatic rings. The summed E-state index contributed by atoms with van der Waals surface area (Å²) in [5.41, 5.74) is 5.13. The van der Waals surface area contributed by atoms with Crippen molar-refractivity contribution >= 4 is 11.9 Å². The molecule has 2 amide bonds. The van der Waals surface area contributed by atoms with Crippen LogP contribution in [0.25, 0.3) is 0 Å². The lowest BCUT2D eigenvalue weighted by atomic mass is 10.4. The van der Waals surface area contributed by atoms with Crippen molar-refractivity contribution in [2.45, 2.75) is 6.42 Å². The number of amides is 2. The number of oxime groups is 1. The first-order chi connectivity index (χ1) is 5.20. The summed E-state index contributed by atoms with van der Waals surface area (Å²) in [5, 5.41) is 15.7.